The Balaban J connectivity index is 1.86. The minimum Gasteiger partial charge on any atom is -0.493 e. The molecule has 0 atom stereocenters. The summed E-state index contributed by atoms with van der Waals surface area (Å²) < 4.78 is 11.3. The predicted molar refractivity (Wildman–Crippen MR) is 121 cm³/mol. The molecule has 9 nitrogen and oxygen atoms in total. The molecule has 0 aliphatic rings. The van der Waals surface area contributed by atoms with Crippen molar-refractivity contribution in [3.63, 3.8) is 0 Å². The topological polar surface area (TPSA) is 122 Å². The minimum atomic E-state index is -0.695. The average Bonchev–Trinajstić information content (AvgIpc) is 2.78. The third kappa shape index (κ3) is 5.16. The zero-order valence-corrected chi connectivity index (χ0v) is 18.1. The number of carbonyl (C=O) groups is 1. The van der Waals surface area contributed by atoms with Crippen molar-refractivity contribution in [2.75, 3.05) is 7.11 Å². The van der Waals surface area contributed by atoms with E-state index in [2.05, 4.69) is 15.9 Å². The predicted octanol–water partition coefficient (Wildman–Crippen LogP) is 5.66. The van der Waals surface area contributed by atoms with Gasteiger partial charge in [0.1, 0.15) is 0 Å². The second-order valence-corrected chi connectivity index (χ2v) is 7.22. The second kappa shape index (κ2) is 9.84. The maximum Gasteiger partial charge on any atom is 0.344 e. The first-order valence-electron chi connectivity index (χ1n) is 9.06. The third-order valence-corrected chi connectivity index (χ3v) is 5.05. The summed E-state index contributed by atoms with van der Waals surface area (Å²) in [6, 6.07) is 15.0. The Morgan fingerprint density at radius 1 is 0.938 bits per heavy atom. The van der Waals surface area contributed by atoms with Gasteiger partial charge in [-0.05, 0) is 57.9 Å². The van der Waals surface area contributed by atoms with Gasteiger partial charge in [0.15, 0.2) is 11.5 Å². The third-order valence-electron chi connectivity index (χ3n) is 4.36. The molecule has 3 aromatic rings. The summed E-state index contributed by atoms with van der Waals surface area (Å²) in [6.07, 6.45) is 3.04. The Kier molecular flexibility index (Phi) is 6.96. The molecule has 0 spiro atoms. The van der Waals surface area contributed by atoms with E-state index in [1.165, 1.54) is 31.4 Å². The van der Waals surface area contributed by atoms with Crippen LogP contribution in [0.2, 0.25) is 0 Å². The number of methoxy groups -OCH3 is 1. The first-order chi connectivity index (χ1) is 15.3. The van der Waals surface area contributed by atoms with E-state index < -0.39 is 15.8 Å². The smallest absolute Gasteiger partial charge is 0.344 e. The van der Waals surface area contributed by atoms with Crippen molar-refractivity contribution in [3.05, 3.63) is 102 Å². The van der Waals surface area contributed by atoms with Crippen molar-refractivity contribution in [1.29, 1.82) is 0 Å². The molecule has 0 aromatic heterocycles. The Hall–Kier alpha value is -4.05. The molecule has 0 saturated heterocycles. The summed E-state index contributed by atoms with van der Waals surface area (Å²) in [7, 11) is 1.42. The van der Waals surface area contributed by atoms with Crippen molar-refractivity contribution in [1.82, 2.24) is 0 Å². The van der Waals surface area contributed by atoms with Gasteiger partial charge in [-0.25, -0.2) is 4.79 Å². The number of nitro benzene ring substituents is 2. The van der Waals surface area contributed by atoms with E-state index in [1.807, 2.05) is 0 Å². The number of esters is 1. The lowest BCUT2D eigenvalue weighted by atomic mass is 10.1. The van der Waals surface area contributed by atoms with E-state index >= 15 is 0 Å². The summed E-state index contributed by atoms with van der Waals surface area (Å²) in [5, 5.41) is 22.1. The van der Waals surface area contributed by atoms with Gasteiger partial charge in [-0.15, -0.1) is 0 Å². The summed E-state index contributed by atoms with van der Waals surface area (Å²) >= 11 is 3.30. The fourth-order valence-electron chi connectivity index (χ4n) is 2.78. The minimum absolute atomic E-state index is 0.198. The van der Waals surface area contributed by atoms with E-state index in [9.17, 15) is 25.0 Å². The molecule has 162 valence electrons. The molecule has 0 bridgehead atoms. The van der Waals surface area contributed by atoms with Gasteiger partial charge in [0, 0.05) is 10.5 Å². The fraction of sp³-hybridized carbons (Fsp3) is 0.0455. The van der Waals surface area contributed by atoms with Gasteiger partial charge in [0.05, 0.1) is 34.1 Å². The van der Waals surface area contributed by atoms with Crippen molar-refractivity contribution in [3.8, 4) is 11.5 Å². The monoisotopic (exact) mass is 498 g/mol. The summed E-state index contributed by atoms with van der Waals surface area (Å²) in [6.45, 7) is 0. The van der Waals surface area contributed by atoms with Crippen LogP contribution in [0.1, 0.15) is 21.5 Å². The summed E-state index contributed by atoms with van der Waals surface area (Å²) in [5.41, 5.74) is 0.399. The molecular formula is C22H15BrN2O7. The van der Waals surface area contributed by atoms with Crippen LogP contribution < -0.4 is 9.47 Å². The Morgan fingerprint density at radius 2 is 1.69 bits per heavy atom. The standard InChI is InChI=1S/C22H15BrN2O7/c1-31-21-12-14(6-8-15-9-10-16(24(27)28)13-19(15)25(29)30)7-11-20(21)32-22(26)17-4-2-3-5-18(17)23/h2-13H,1H3/b8-6+. The Bertz CT molecular complexity index is 1240. The Morgan fingerprint density at radius 3 is 2.34 bits per heavy atom. The van der Waals surface area contributed by atoms with Gasteiger partial charge < -0.3 is 9.47 Å². The molecule has 0 amide bonds. The molecule has 10 heteroatoms. The maximum absolute atomic E-state index is 12.4. The van der Waals surface area contributed by atoms with Gasteiger partial charge in [0.2, 0.25) is 0 Å². The maximum atomic E-state index is 12.4. The molecule has 3 rings (SSSR count). The van der Waals surface area contributed by atoms with Crippen LogP contribution in [0.3, 0.4) is 0 Å². The normalized spacial score (nSPS) is 10.7. The van der Waals surface area contributed by atoms with E-state index in [0.717, 1.165) is 6.07 Å². The molecule has 0 heterocycles. The van der Waals surface area contributed by atoms with Crippen molar-refractivity contribution >= 4 is 45.4 Å². The van der Waals surface area contributed by atoms with E-state index in [4.69, 9.17) is 9.47 Å². The quantitative estimate of drug-likeness (QED) is 0.135. The second-order valence-electron chi connectivity index (χ2n) is 6.37. The van der Waals surface area contributed by atoms with Crippen molar-refractivity contribution < 1.29 is 24.1 Å². The number of hydrogen-bond donors (Lipinski definition) is 0. The molecule has 0 aliphatic carbocycles. The highest BCUT2D eigenvalue weighted by Gasteiger charge is 2.18. The number of carbonyl (C=O) groups excluding carboxylic acids is 1. The van der Waals surface area contributed by atoms with Crippen LogP contribution in [0, 0.1) is 20.2 Å². The molecule has 0 N–H and O–H groups in total. The van der Waals surface area contributed by atoms with Gasteiger partial charge in [-0.2, -0.15) is 0 Å². The van der Waals surface area contributed by atoms with Gasteiger partial charge >= 0.3 is 5.97 Å². The van der Waals surface area contributed by atoms with Crippen molar-refractivity contribution in [2.45, 2.75) is 0 Å². The van der Waals surface area contributed by atoms with Crippen LogP contribution in [0.25, 0.3) is 12.2 Å². The number of halogens is 1. The van der Waals surface area contributed by atoms with Gasteiger partial charge in [-0.3, -0.25) is 20.2 Å². The highest BCUT2D eigenvalue weighted by molar-refractivity contribution is 9.10. The average molecular weight is 499 g/mol. The van der Waals surface area contributed by atoms with Crippen molar-refractivity contribution in [2.24, 2.45) is 0 Å². The first kappa shape index (κ1) is 22.6. The number of non-ortho nitro benzene ring substituents is 1. The Labute approximate surface area is 190 Å². The number of ether oxygens (including phenoxy) is 2. The summed E-state index contributed by atoms with van der Waals surface area (Å²) in [4.78, 5) is 33.2. The fourth-order valence-corrected chi connectivity index (χ4v) is 3.23. The molecule has 0 aliphatic heterocycles. The molecule has 0 saturated carbocycles. The highest BCUT2D eigenvalue weighted by atomic mass is 79.9. The lowest BCUT2D eigenvalue weighted by Crippen LogP contribution is -2.10. The number of benzene rings is 3. The van der Waals surface area contributed by atoms with Crippen LogP contribution >= 0.6 is 15.9 Å². The lowest BCUT2D eigenvalue weighted by Gasteiger charge is -2.10. The number of nitrogens with zero attached hydrogens (tertiary/aromatic N) is 2. The number of rotatable bonds is 7. The molecule has 0 fully saturated rings. The van der Waals surface area contributed by atoms with E-state index in [-0.39, 0.29) is 28.4 Å². The first-order valence-corrected chi connectivity index (χ1v) is 9.85. The molecule has 32 heavy (non-hydrogen) atoms. The van der Waals surface area contributed by atoms with Crippen LogP contribution in [0.4, 0.5) is 11.4 Å². The number of hydrogen-bond acceptors (Lipinski definition) is 7. The van der Waals surface area contributed by atoms with Gasteiger partial charge in [0.25, 0.3) is 11.4 Å². The SMILES string of the molecule is COc1cc(/C=C/c2ccc([N+](=O)[O-])cc2[N+](=O)[O-])ccc1OC(=O)c1ccccc1Br. The zero-order chi connectivity index (χ0) is 23.3. The molecule has 3 aromatic carbocycles. The van der Waals surface area contributed by atoms with Gasteiger partial charge in [-0.1, -0.05) is 24.3 Å². The number of nitro groups is 2. The molecule has 0 unspecified atom stereocenters. The van der Waals surface area contributed by atoms with Crippen LogP contribution in [0.5, 0.6) is 11.5 Å². The van der Waals surface area contributed by atoms with Crippen LogP contribution in [-0.4, -0.2) is 22.9 Å². The summed E-state index contributed by atoms with van der Waals surface area (Å²) in [5.74, 6) is -0.0851. The molecular weight excluding hydrogens is 484 g/mol. The van der Waals surface area contributed by atoms with Crippen LogP contribution in [0.15, 0.2) is 65.1 Å². The lowest BCUT2D eigenvalue weighted by molar-refractivity contribution is -0.394. The van der Waals surface area contributed by atoms with E-state index in [0.29, 0.717) is 15.6 Å². The zero-order valence-electron chi connectivity index (χ0n) is 16.6. The van der Waals surface area contributed by atoms with Crippen LogP contribution in [-0.2, 0) is 0 Å². The largest absolute Gasteiger partial charge is 0.493 e. The highest BCUT2D eigenvalue weighted by Crippen LogP contribution is 2.31. The molecule has 0 radical (unpaired) electrons. The van der Waals surface area contributed by atoms with E-state index in [1.54, 1.807) is 42.5 Å².